The van der Waals surface area contributed by atoms with Crippen LogP contribution < -0.4 is 4.74 Å². The van der Waals surface area contributed by atoms with E-state index in [0.717, 1.165) is 11.3 Å². The number of fused-ring (bicyclic) bond motifs is 1. The average Bonchev–Trinajstić information content (AvgIpc) is 3.12. The number of aromatic nitrogens is 2. The SMILES string of the molecule is CC(C)c1nc(CN(C)C(=O)C2Cc3ccccc3O2)no1. The van der Waals surface area contributed by atoms with Crippen LogP contribution in [0, 0.1) is 0 Å². The second-order valence-corrected chi connectivity index (χ2v) is 5.82. The number of likely N-dealkylation sites (N-methyl/N-ethyl adjacent to an activating group) is 1. The predicted molar refractivity (Wildman–Crippen MR) is 79.4 cm³/mol. The number of nitrogens with zero attached hydrogens (tertiary/aromatic N) is 3. The summed E-state index contributed by atoms with van der Waals surface area (Å²) in [6.07, 6.45) is 0.127. The van der Waals surface area contributed by atoms with E-state index in [9.17, 15) is 4.79 Å². The van der Waals surface area contributed by atoms with E-state index in [1.807, 2.05) is 38.1 Å². The standard InChI is InChI=1S/C16H19N3O3/c1-10(2)15-17-14(18-22-15)9-19(3)16(20)13-8-11-6-4-5-7-12(11)21-13/h4-7,10,13H,8-9H2,1-3H3. The smallest absolute Gasteiger partial charge is 0.264 e. The van der Waals surface area contributed by atoms with Gasteiger partial charge in [-0.3, -0.25) is 4.79 Å². The number of benzene rings is 1. The first kappa shape index (κ1) is 14.6. The van der Waals surface area contributed by atoms with Gasteiger partial charge in [-0.05, 0) is 11.6 Å². The first-order valence-electron chi connectivity index (χ1n) is 7.36. The van der Waals surface area contributed by atoms with E-state index in [1.165, 1.54) is 0 Å². The fourth-order valence-corrected chi connectivity index (χ4v) is 2.42. The van der Waals surface area contributed by atoms with Gasteiger partial charge in [-0.2, -0.15) is 4.98 Å². The van der Waals surface area contributed by atoms with Crippen molar-refractivity contribution < 1.29 is 14.1 Å². The lowest BCUT2D eigenvalue weighted by molar-refractivity contribution is -0.137. The van der Waals surface area contributed by atoms with Crippen molar-refractivity contribution >= 4 is 5.91 Å². The molecule has 1 aromatic heterocycles. The molecule has 0 fully saturated rings. The Morgan fingerprint density at radius 3 is 2.86 bits per heavy atom. The van der Waals surface area contributed by atoms with Crippen molar-refractivity contribution in [1.29, 1.82) is 0 Å². The van der Waals surface area contributed by atoms with Crippen molar-refractivity contribution in [1.82, 2.24) is 15.0 Å². The van der Waals surface area contributed by atoms with Crippen LogP contribution in [-0.4, -0.2) is 34.1 Å². The molecule has 0 bridgehead atoms. The molecule has 1 amide bonds. The Kier molecular flexibility index (Phi) is 3.83. The highest BCUT2D eigenvalue weighted by Crippen LogP contribution is 2.28. The van der Waals surface area contributed by atoms with E-state index in [-0.39, 0.29) is 11.8 Å². The summed E-state index contributed by atoms with van der Waals surface area (Å²) in [6, 6.07) is 7.72. The summed E-state index contributed by atoms with van der Waals surface area (Å²) in [5, 5.41) is 3.91. The van der Waals surface area contributed by atoms with Gasteiger partial charge in [-0.1, -0.05) is 37.2 Å². The fraction of sp³-hybridized carbons (Fsp3) is 0.438. The van der Waals surface area contributed by atoms with E-state index < -0.39 is 6.10 Å². The highest BCUT2D eigenvalue weighted by molar-refractivity contribution is 5.82. The third-order valence-electron chi connectivity index (χ3n) is 3.66. The average molecular weight is 301 g/mol. The Hall–Kier alpha value is -2.37. The predicted octanol–water partition coefficient (Wildman–Crippen LogP) is 2.16. The monoisotopic (exact) mass is 301 g/mol. The molecule has 0 aliphatic carbocycles. The van der Waals surface area contributed by atoms with E-state index >= 15 is 0 Å². The van der Waals surface area contributed by atoms with Crippen LogP contribution in [0.3, 0.4) is 0 Å². The first-order valence-corrected chi connectivity index (χ1v) is 7.36. The van der Waals surface area contributed by atoms with Gasteiger partial charge in [-0.25, -0.2) is 0 Å². The lowest BCUT2D eigenvalue weighted by atomic mass is 10.1. The van der Waals surface area contributed by atoms with Crippen molar-refractivity contribution in [3.63, 3.8) is 0 Å². The molecule has 0 N–H and O–H groups in total. The quantitative estimate of drug-likeness (QED) is 0.865. The zero-order chi connectivity index (χ0) is 15.7. The Balaban J connectivity index is 1.63. The summed E-state index contributed by atoms with van der Waals surface area (Å²) in [5.74, 6) is 1.98. The third-order valence-corrected chi connectivity index (χ3v) is 3.66. The molecule has 3 rings (SSSR count). The van der Waals surface area contributed by atoms with Gasteiger partial charge in [0.1, 0.15) is 5.75 Å². The van der Waals surface area contributed by atoms with Gasteiger partial charge in [0, 0.05) is 19.4 Å². The second-order valence-electron chi connectivity index (χ2n) is 5.82. The van der Waals surface area contributed by atoms with Gasteiger partial charge in [0.05, 0.1) is 6.54 Å². The van der Waals surface area contributed by atoms with Crippen LogP contribution in [0.15, 0.2) is 28.8 Å². The Labute approximate surface area is 129 Å². The number of para-hydroxylation sites is 1. The summed E-state index contributed by atoms with van der Waals surface area (Å²) in [7, 11) is 1.72. The molecule has 1 unspecified atom stereocenters. The van der Waals surface area contributed by atoms with Gasteiger partial charge < -0.3 is 14.2 Å². The number of rotatable bonds is 4. The molecule has 0 radical (unpaired) electrons. The van der Waals surface area contributed by atoms with Crippen molar-refractivity contribution in [3.8, 4) is 5.75 Å². The van der Waals surface area contributed by atoms with E-state index in [0.29, 0.717) is 24.7 Å². The molecule has 0 saturated heterocycles. The first-order chi connectivity index (χ1) is 10.5. The topological polar surface area (TPSA) is 68.5 Å². The molecular weight excluding hydrogens is 282 g/mol. The lowest BCUT2D eigenvalue weighted by Crippen LogP contribution is -2.38. The van der Waals surface area contributed by atoms with Crippen molar-refractivity contribution in [2.45, 2.75) is 38.8 Å². The Bertz CT molecular complexity index is 656. The zero-order valence-electron chi connectivity index (χ0n) is 12.9. The van der Waals surface area contributed by atoms with Gasteiger partial charge >= 0.3 is 0 Å². The van der Waals surface area contributed by atoms with Crippen LogP contribution in [0.4, 0.5) is 0 Å². The highest BCUT2D eigenvalue weighted by Gasteiger charge is 2.31. The number of hydrogen-bond acceptors (Lipinski definition) is 5. The molecule has 1 aliphatic heterocycles. The summed E-state index contributed by atoms with van der Waals surface area (Å²) in [4.78, 5) is 18.3. The largest absolute Gasteiger partial charge is 0.480 e. The minimum absolute atomic E-state index is 0.0768. The maximum absolute atomic E-state index is 12.5. The molecule has 0 saturated carbocycles. The maximum atomic E-state index is 12.5. The molecule has 1 aromatic carbocycles. The van der Waals surface area contributed by atoms with E-state index in [1.54, 1.807) is 11.9 Å². The molecule has 2 aromatic rings. The molecule has 2 heterocycles. The van der Waals surface area contributed by atoms with Crippen molar-refractivity contribution in [3.05, 3.63) is 41.5 Å². The van der Waals surface area contributed by atoms with Crippen LogP contribution in [0.2, 0.25) is 0 Å². The number of ether oxygens (including phenoxy) is 1. The van der Waals surface area contributed by atoms with Crippen LogP contribution >= 0.6 is 0 Å². The van der Waals surface area contributed by atoms with E-state index in [2.05, 4.69) is 10.1 Å². The molecule has 6 heteroatoms. The number of hydrogen-bond donors (Lipinski definition) is 0. The summed E-state index contributed by atoms with van der Waals surface area (Å²) in [5.41, 5.74) is 1.07. The summed E-state index contributed by atoms with van der Waals surface area (Å²) < 4.78 is 10.9. The number of carbonyl (C=O) groups excluding carboxylic acids is 1. The summed E-state index contributed by atoms with van der Waals surface area (Å²) in [6.45, 7) is 4.27. The van der Waals surface area contributed by atoms with Crippen LogP contribution in [0.25, 0.3) is 0 Å². The molecular formula is C16H19N3O3. The van der Waals surface area contributed by atoms with Gasteiger partial charge in [0.15, 0.2) is 11.9 Å². The fourth-order valence-electron chi connectivity index (χ4n) is 2.42. The molecule has 1 aliphatic rings. The molecule has 1 atom stereocenters. The molecule has 0 spiro atoms. The van der Waals surface area contributed by atoms with Gasteiger partial charge in [0.25, 0.3) is 5.91 Å². The van der Waals surface area contributed by atoms with Crippen LogP contribution in [0.5, 0.6) is 5.75 Å². The van der Waals surface area contributed by atoms with Crippen LogP contribution in [0.1, 0.15) is 37.0 Å². The highest BCUT2D eigenvalue weighted by atomic mass is 16.5. The second kappa shape index (κ2) is 5.79. The summed E-state index contributed by atoms with van der Waals surface area (Å²) >= 11 is 0. The normalized spacial score (nSPS) is 16.5. The van der Waals surface area contributed by atoms with E-state index in [4.69, 9.17) is 9.26 Å². The molecule has 22 heavy (non-hydrogen) atoms. The minimum Gasteiger partial charge on any atom is -0.480 e. The Morgan fingerprint density at radius 2 is 2.18 bits per heavy atom. The third kappa shape index (κ3) is 2.81. The maximum Gasteiger partial charge on any atom is 0.264 e. The molecule has 116 valence electrons. The number of amides is 1. The van der Waals surface area contributed by atoms with Crippen molar-refractivity contribution in [2.24, 2.45) is 0 Å². The number of carbonyl (C=O) groups is 1. The Morgan fingerprint density at radius 1 is 1.41 bits per heavy atom. The van der Waals surface area contributed by atoms with Crippen molar-refractivity contribution in [2.75, 3.05) is 7.05 Å². The van der Waals surface area contributed by atoms with Gasteiger partial charge in [-0.15, -0.1) is 0 Å². The van der Waals surface area contributed by atoms with Gasteiger partial charge in [0.2, 0.25) is 5.89 Å². The minimum atomic E-state index is -0.473. The zero-order valence-corrected chi connectivity index (χ0v) is 12.9. The molecule has 6 nitrogen and oxygen atoms in total. The van der Waals surface area contributed by atoms with Crippen LogP contribution in [-0.2, 0) is 17.8 Å². The lowest BCUT2D eigenvalue weighted by Gasteiger charge is -2.19.